The topological polar surface area (TPSA) is 80.2 Å². The van der Waals surface area contributed by atoms with Gasteiger partial charge >= 0.3 is 0 Å². The molecule has 0 aliphatic rings. The molecule has 0 aromatic heterocycles. The maximum absolute atomic E-state index is 11.9. The van der Waals surface area contributed by atoms with Crippen LogP contribution >= 0.6 is 11.6 Å². The fourth-order valence-corrected chi connectivity index (χ4v) is 2.64. The predicted octanol–water partition coefficient (Wildman–Crippen LogP) is 4.49. The van der Waals surface area contributed by atoms with Crippen LogP contribution in [0.1, 0.15) is 44.2 Å². The molecule has 2 rings (SSSR count). The van der Waals surface area contributed by atoms with Crippen LogP contribution in [0.2, 0.25) is 5.02 Å². The van der Waals surface area contributed by atoms with Crippen LogP contribution in [0.25, 0.3) is 0 Å². The maximum atomic E-state index is 11.9. The highest BCUT2D eigenvalue weighted by atomic mass is 35.5. The lowest BCUT2D eigenvalue weighted by Gasteiger charge is -2.10. The molecule has 0 radical (unpaired) electrons. The molecular weight excluding hydrogens is 380 g/mol. The van der Waals surface area contributed by atoms with Gasteiger partial charge in [0.1, 0.15) is 5.75 Å². The van der Waals surface area contributed by atoms with Crippen LogP contribution in [0.3, 0.4) is 0 Å². The Morgan fingerprint density at radius 2 is 1.96 bits per heavy atom. The van der Waals surface area contributed by atoms with Crippen molar-refractivity contribution in [3.05, 3.63) is 52.5 Å². The summed E-state index contributed by atoms with van der Waals surface area (Å²) in [5.74, 6) is 0.850. The van der Waals surface area contributed by atoms with E-state index in [0.29, 0.717) is 23.8 Å². The molecule has 0 bridgehead atoms. The van der Waals surface area contributed by atoms with E-state index in [1.807, 2.05) is 24.3 Å². The van der Waals surface area contributed by atoms with Crippen LogP contribution in [0.15, 0.2) is 41.5 Å². The summed E-state index contributed by atoms with van der Waals surface area (Å²) in [5.41, 5.74) is 4.20. The van der Waals surface area contributed by atoms with E-state index < -0.39 is 5.91 Å². The number of rotatable bonds is 9. The van der Waals surface area contributed by atoms with Gasteiger partial charge in [0.25, 0.3) is 5.91 Å². The van der Waals surface area contributed by atoms with E-state index in [4.69, 9.17) is 21.1 Å². The molecule has 0 aliphatic heterocycles. The first kappa shape index (κ1) is 21.6. The number of hydrazone groups is 1. The number of hydrogen-bond acceptors (Lipinski definition) is 5. The molecule has 2 N–H and O–H groups in total. The zero-order valence-electron chi connectivity index (χ0n) is 16.2. The van der Waals surface area contributed by atoms with E-state index in [2.05, 4.69) is 24.4 Å². The Hall–Kier alpha value is -2.73. The molecule has 1 atom stereocenters. The van der Waals surface area contributed by atoms with Crippen LogP contribution in [0.4, 0.5) is 0 Å². The summed E-state index contributed by atoms with van der Waals surface area (Å²) in [6.07, 6.45) is 2.48. The first-order valence-corrected chi connectivity index (χ1v) is 9.52. The summed E-state index contributed by atoms with van der Waals surface area (Å²) in [5, 5.41) is 13.8. The standard InChI is InChI=1S/C21H25ClN2O4/c1-4-14(3)16-6-8-17(9-7-16)28-13-20(25)24-23-12-15-10-18(22)21(26)19(11-15)27-5-2/h6-12,14,26H,4-5,13H2,1-3H3,(H,24,25)/b23-12+/t14-/m0/s1. The highest BCUT2D eigenvalue weighted by Crippen LogP contribution is 2.34. The SMILES string of the molecule is CCOc1cc(/C=N/NC(=O)COc2ccc([C@@H](C)CC)cc2)cc(Cl)c1O. The van der Waals surface area contributed by atoms with Crippen LogP contribution < -0.4 is 14.9 Å². The molecule has 0 saturated carbocycles. The fourth-order valence-electron chi connectivity index (χ4n) is 2.42. The number of halogens is 1. The maximum Gasteiger partial charge on any atom is 0.277 e. The van der Waals surface area contributed by atoms with Gasteiger partial charge in [0.15, 0.2) is 18.1 Å². The predicted molar refractivity (Wildman–Crippen MR) is 111 cm³/mol. The number of benzene rings is 2. The number of phenolic OH excluding ortho intramolecular Hbond substituents is 1. The molecule has 0 aliphatic carbocycles. The van der Waals surface area contributed by atoms with Crippen LogP contribution in [-0.4, -0.2) is 30.4 Å². The van der Waals surface area contributed by atoms with Gasteiger partial charge in [0.05, 0.1) is 17.8 Å². The average molecular weight is 405 g/mol. The van der Waals surface area contributed by atoms with Crippen molar-refractivity contribution in [3.63, 3.8) is 0 Å². The zero-order valence-corrected chi connectivity index (χ0v) is 17.0. The number of ether oxygens (including phenoxy) is 2. The molecule has 2 aromatic rings. The number of carbonyl (C=O) groups excluding carboxylic acids is 1. The van der Waals surface area contributed by atoms with Gasteiger partial charge in [-0.2, -0.15) is 5.10 Å². The molecule has 1 amide bonds. The highest BCUT2D eigenvalue weighted by Gasteiger charge is 2.09. The van der Waals surface area contributed by atoms with Gasteiger partial charge < -0.3 is 14.6 Å². The highest BCUT2D eigenvalue weighted by molar-refractivity contribution is 6.32. The van der Waals surface area contributed by atoms with Crippen molar-refractivity contribution in [1.82, 2.24) is 5.43 Å². The molecular formula is C21H25ClN2O4. The first-order chi connectivity index (χ1) is 13.4. The molecule has 7 heteroatoms. The smallest absolute Gasteiger partial charge is 0.277 e. The van der Waals surface area contributed by atoms with Crippen LogP contribution in [0, 0.1) is 0 Å². The second kappa shape index (κ2) is 10.6. The Bertz CT molecular complexity index is 822. The Kier molecular flexibility index (Phi) is 8.14. The summed E-state index contributed by atoms with van der Waals surface area (Å²) >= 11 is 5.95. The van der Waals surface area contributed by atoms with Crippen LogP contribution in [0.5, 0.6) is 17.2 Å². The van der Waals surface area contributed by atoms with E-state index in [1.54, 1.807) is 13.0 Å². The van der Waals surface area contributed by atoms with Crippen molar-refractivity contribution in [2.45, 2.75) is 33.1 Å². The number of hydrogen-bond donors (Lipinski definition) is 2. The Morgan fingerprint density at radius 3 is 2.61 bits per heavy atom. The van der Waals surface area contributed by atoms with E-state index in [9.17, 15) is 9.90 Å². The minimum absolute atomic E-state index is 0.127. The van der Waals surface area contributed by atoms with Gasteiger partial charge in [-0.05, 0) is 54.7 Å². The van der Waals surface area contributed by atoms with Crippen molar-refractivity contribution in [1.29, 1.82) is 0 Å². The molecule has 0 saturated heterocycles. The summed E-state index contributed by atoms with van der Waals surface area (Å²) in [7, 11) is 0. The molecule has 2 aromatic carbocycles. The lowest BCUT2D eigenvalue weighted by Crippen LogP contribution is -2.24. The van der Waals surface area contributed by atoms with Gasteiger partial charge in [-0.1, -0.05) is 37.6 Å². The normalized spacial score (nSPS) is 12.0. The molecule has 6 nitrogen and oxygen atoms in total. The second-order valence-electron chi connectivity index (χ2n) is 6.24. The van der Waals surface area contributed by atoms with Crippen molar-refractivity contribution < 1.29 is 19.4 Å². The molecule has 0 fully saturated rings. The third-order valence-electron chi connectivity index (χ3n) is 4.18. The second-order valence-corrected chi connectivity index (χ2v) is 6.65. The number of carbonyl (C=O) groups is 1. The Morgan fingerprint density at radius 1 is 1.25 bits per heavy atom. The fraction of sp³-hybridized carbons (Fsp3) is 0.333. The minimum atomic E-state index is -0.392. The Balaban J connectivity index is 1.87. The van der Waals surface area contributed by atoms with Gasteiger partial charge in [-0.3, -0.25) is 4.79 Å². The van der Waals surface area contributed by atoms with Crippen molar-refractivity contribution in [2.24, 2.45) is 5.10 Å². The lowest BCUT2D eigenvalue weighted by molar-refractivity contribution is -0.123. The average Bonchev–Trinajstić information content (AvgIpc) is 2.70. The van der Waals surface area contributed by atoms with E-state index in [0.717, 1.165) is 6.42 Å². The summed E-state index contributed by atoms with van der Waals surface area (Å²) in [4.78, 5) is 11.9. The third-order valence-corrected chi connectivity index (χ3v) is 4.47. The monoisotopic (exact) mass is 404 g/mol. The first-order valence-electron chi connectivity index (χ1n) is 9.14. The molecule has 0 unspecified atom stereocenters. The number of amides is 1. The number of aromatic hydroxyl groups is 1. The summed E-state index contributed by atoms with van der Waals surface area (Å²) < 4.78 is 10.8. The lowest BCUT2D eigenvalue weighted by atomic mass is 9.99. The summed E-state index contributed by atoms with van der Waals surface area (Å²) in [6.45, 7) is 6.34. The largest absolute Gasteiger partial charge is 0.503 e. The van der Waals surface area contributed by atoms with Gasteiger partial charge in [-0.15, -0.1) is 0 Å². The van der Waals surface area contributed by atoms with Crippen molar-refractivity contribution >= 4 is 23.7 Å². The van der Waals surface area contributed by atoms with Crippen molar-refractivity contribution in [3.8, 4) is 17.2 Å². The van der Waals surface area contributed by atoms with Gasteiger partial charge in [-0.25, -0.2) is 5.43 Å². The molecule has 150 valence electrons. The molecule has 28 heavy (non-hydrogen) atoms. The minimum Gasteiger partial charge on any atom is -0.503 e. The number of nitrogens with zero attached hydrogens (tertiary/aromatic N) is 1. The van der Waals surface area contributed by atoms with E-state index in [-0.39, 0.29) is 23.1 Å². The van der Waals surface area contributed by atoms with E-state index >= 15 is 0 Å². The van der Waals surface area contributed by atoms with Gasteiger partial charge in [0.2, 0.25) is 0 Å². The van der Waals surface area contributed by atoms with E-state index in [1.165, 1.54) is 17.8 Å². The van der Waals surface area contributed by atoms with Crippen molar-refractivity contribution in [2.75, 3.05) is 13.2 Å². The summed E-state index contributed by atoms with van der Waals surface area (Å²) in [6, 6.07) is 10.8. The molecule has 0 spiro atoms. The third kappa shape index (κ3) is 6.16. The molecule has 0 heterocycles. The van der Waals surface area contributed by atoms with Gasteiger partial charge in [0, 0.05) is 0 Å². The zero-order chi connectivity index (χ0) is 20.5. The number of nitrogens with one attached hydrogen (secondary N) is 1. The van der Waals surface area contributed by atoms with Crippen LogP contribution in [-0.2, 0) is 4.79 Å². The number of phenols is 1. The Labute approximate surface area is 170 Å². The quantitative estimate of drug-likeness (QED) is 0.476.